The Morgan fingerprint density at radius 2 is 1.70 bits per heavy atom. The van der Waals surface area contributed by atoms with Gasteiger partial charge in [-0.25, -0.2) is 0 Å². The van der Waals surface area contributed by atoms with E-state index >= 15 is 0 Å². The van der Waals surface area contributed by atoms with Gasteiger partial charge in [-0.15, -0.1) is 0 Å². The van der Waals surface area contributed by atoms with E-state index in [0.717, 1.165) is 25.1 Å². The molecule has 23 heavy (non-hydrogen) atoms. The van der Waals surface area contributed by atoms with Crippen LogP contribution in [0.3, 0.4) is 0 Å². The zero-order chi connectivity index (χ0) is 16.7. The van der Waals surface area contributed by atoms with Gasteiger partial charge in [0.15, 0.2) is 0 Å². The SMILES string of the molecule is C=CC[N@@+](C)(Cc1ccccc1)[C@H](CO)Cc1ccc(O)cc1. The number of nitrogens with zero attached hydrogens (tertiary/aromatic N) is 1. The van der Waals surface area contributed by atoms with Gasteiger partial charge >= 0.3 is 0 Å². The first-order chi connectivity index (χ1) is 11.1. The maximum Gasteiger partial charge on any atom is 0.117 e. The molecule has 2 aromatic rings. The van der Waals surface area contributed by atoms with Gasteiger partial charge in [-0.05, 0) is 23.8 Å². The number of aromatic hydroxyl groups is 1. The molecule has 0 amide bonds. The molecular formula is C20H26NO2+. The summed E-state index contributed by atoms with van der Waals surface area (Å²) in [6.45, 7) is 5.63. The lowest BCUT2D eigenvalue weighted by atomic mass is 10.0. The van der Waals surface area contributed by atoms with Crippen LogP contribution in [0.1, 0.15) is 11.1 Å². The van der Waals surface area contributed by atoms with Crippen LogP contribution in [-0.4, -0.2) is 40.9 Å². The Kier molecular flexibility index (Phi) is 5.97. The molecule has 0 unspecified atom stereocenters. The molecule has 0 fully saturated rings. The zero-order valence-electron chi connectivity index (χ0n) is 13.7. The molecule has 0 saturated carbocycles. The maximum atomic E-state index is 9.98. The third-order valence-corrected chi connectivity index (χ3v) is 4.43. The molecule has 3 nitrogen and oxygen atoms in total. The molecule has 0 aromatic heterocycles. The molecule has 3 heteroatoms. The van der Waals surface area contributed by atoms with E-state index in [0.29, 0.717) is 4.48 Å². The minimum Gasteiger partial charge on any atom is -0.508 e. The van der Waals surface area contributed by atoms with Gasteiger partial charge in [0.1, 0.15) is 18.3 Å². The fourth-order valence-electron chi connectivity index (χ4n) is 3.02. The second-order valence-electron chi connectivity index (χ2n) is 6.30. The van der Waals surface area contributed by atoms with Gasteiger partial charge < -0.3 is 14.7 Å². The fraction of sp³-hybridized carbons (Fsp3) is 0.300. The number of rotatable bonds is 8. The Morgan fingerprint density at radius 3 is 2.26 bits per heavy atom. The summed E-state index contributed by atoms with van der Waals surface area (Å²) >= 11 is 0. The first-order valence-electron chi connectivity index (χ1n) is 7.95. The summed E-state index contributed by atoms with van der Waals surface area (Å²) in [5.74, 6) is 0.266. The van der Waals surface area contributed by atoms with Crippen molar-refractivity contribution in [2.24, 2.45) is 0 Å². The molecule has 0 aliphatic heterocycles. The normalized spacial score (nSPS) is 14.9. The van der Waals surface area contributed by atoms with Crippen molar-refractivity contribution in [1.82, 2.24) is 0 Å². The van der Waals surface area contributed by atoms with E-state index in [-0.39, 0.29) is 18.4 Å². The molecule has 0 saturated heterocycles. The largest absolute Gasteiger partial charge is 0.508 e. The Morgan fingerprint density at radius 1 is 1.04 bits per heavy atom. The van der Waals surface area contributed by atoms with Crippen LogP contribution >= 0.6 is 0 Å². The maximum absolute atomic E-state index is 9.98. The molecule has 0 spiro atoms. The highest BCUT2D eigenvalue weighted by Crippen LogP contribution is 2.21. The van der Waals surface area contributed by atoms with Crippen molar-refractivity contribution < 1.29 is 14.7 Å². The van der Waals surface area contributed by atoms with Crippen LogP contribution in [0, 0.1) is 0 Å². The van der Waals surface area contributed by atoms with E-state index in [9.17, 15) is 10.2 Å². The summed E-state index contributed by atoms with van der Waals surface area (Å²) in [6, 6.07) is 17.6. The number of phenols is 1. The lowest BCUT2D eigenvalue weighted by Crippen LogP contribution is -2.54. The van der Waals surface area contributed by atoms with E-state index in [2.05, 4.69) is 25.8 Å². The first kappa shape index (κ1) is 17.3. The highest BCUT2D eigenvalue weighted by atomic mass is 16.3. The Balaban J connectivity index is 2.21. The minimum absolute atomic E-state index is 0.0674. The quantitative estimate of drug-likeness (QED) is 0.581. The molecular weight excluding hydrogens is 286 g/mol. The number of hydrogen-bond donors (Lipinski definition) is 2. The Bertz CT molecular complexity index is 609. The lowest BCUT2D eigenvalue weighted by molar-refractivity contribution is -0.941. The number of benzene rings is 2. The number of aliphatic hydroxyl groups excluding tert-OH is 1. The highest BCUT2D eigenvalue weighted by Gasteiger charge is 2.31. The third kappa shape index (κ3) is 4.68. The van der Waals surface area contributed by atoms with Crippen molar-refractivity contribution in [3.05, 3.63) is 78.4 Å². The highest BCUT2D eigenvalue weighted by molar-refractivity contribution is 5.26. The van der Waals surface area contributed by atoms with Crippen molar-refractivity contribution >= 4 is 0 Å². The first-order valence-corrected chi connectivity index (χ1v) is 7.95. The van der Waals surface area contributed by atoms with Crippen molar-refractivity contribution in [3.63, 3.8) is 0 Å². The molecule has 122 valence electrons. The molecule has 2 rings (SSSR count). The van der Waals surface area contributed by atoms with E-state index < -0.39 is 0 Å². The van der Waals surface area contributed by atoms with Crippen LogP contribution < -0.4 is 0 Å². The molecule has 0 heterocycles. The molecule has 0 bridgehead atoms. The van der Waals surface area contributed by atoms with E-state index in [4.69, 9.17) is 0 Å². The van der Waals surface area contributed by atoms with Crippen LogP contribution in [0.4, 0.5) is 0 Å². The molecule has 2 atom stereocenters. The van der Waals surface area contributed by atoms with Gasteiger partial charge in [-0.3, -0.25) is 0 Å². The molecule has 0 aliphatic rings. The standard InChI is InChI=1S/C20H25NO2/c1-3-13-21(2,15-18-7-5-4-6-8-18)19(16-22)14-17-9-11-20(23)12-10-17/h3-12,19,22H,1,13-16H2,2H3/p+1/t19-,21-/m0/s1. The Labute approximate surface area is 138 Å². The fourth-order valence-corrected chi connectivity index (χ4v) is 3.02. The Hall–Kier alpha value is -2.10. The van der Waals surface area contributed by atoms with Crippen molar-refractivity contribution in [3.8, 4) is 5.75 Å². The predicted molar refractivity (Wildman–Crippen MR) is 94.1 cm³/mol. The van der Waals surface area contributed by atoms with E-state index in [1.165, 1.54) is 5.56 Å². The van der Waals surface area contributed by atoms with Crippen molar-refractivity contribution in [2.75, 3.05) is 20.2 Å². The van der Waals surface area contributed by atoms with Gasteiger partial charge in [0.05, 0.1) is 20.2 Å². The molecule has 2 N–H and O–H groups in total. The number of quaternary nitrogens is 1. The number of aliphatic hydroxyl groups is 1. The zero-order valence-corrected chi connectivity index (χ0v) is 13.7. The van der Waals surface area contributed by atoms with Gasteiger partial charge in [0.2, 0.25) is 0 Å². The minimum atomic E-state index is 0.0674. The average molecular weight is 312 g/mol. The summed E-state index contributed by atoms with van der Waals surface area (Å²) in [6.07, 6.45) is 2.68. The van der Waals surface area contributed by atoms with Gasteiger partial charge in [-0.1, -0.05) is 49.0 Å². The van der Waals surface area contributed by atoms with Crippen molar-refractivity contribution in [2.45, 2.75) is 19.0 Å². The second kappa shape index (κ2) is 7.95. The van der Waals surface area contributed by atoms with Gasteiger partial charge in [0, 0.05) is 12.0 Å². The summed E-state index contributed by atoms with van der Waals surface area (Å²) in [5, 5.41) is 19.4. The van der Waals surface area contributed by atoms with Crippen LogP contribution in [-0.2, 0) is 13.0 Å². The van der Waals surface area contributed by atoms with Crippen LogP contribution in [0.2, 0.25) is 0 Å². The third-order valence-electron chi connectivity index (χ3n) is 4.43. The molecule has 0 aliphatic carbocycles. The van der Waals surface area contributed by atoms with Crippen LogP contribution in [0.5, 0.6) is 5.75 Å². The monoisotopic (exact) mass is 312 g/mol. The predicted octanol–water partition coefficient (Wildman–Crippen LogP) is 3.13. The number of likely N-dealkylation sites (N-methyl/N-ethyl adjacent to an activating group) is 1. The molecule has 2 aromatic carbocycles. The second-order valence-corrected chi connectivity index (χ2v) is 6.30. The van der Waals surface area contributed by atoms with Crippen LogP contribution in [0.15, 0.2) is 67.3 Å². The van der Waals surface area contributed by atoms with Crippen LogP contribution in [0.25, 0.3) is 0 Å². The summed E-state index contributed by atoms with van der Waals surface area (Å²) in [7, 11) is 2.16. The van der Waals surface area contributed by atoms with Gasteiger partial charge in [0.25, 0.3) is 0 Å². The lowest BCUT2D eigenvalue weighted by Gasteiger charge is -2.40. The number of phenolic OH excluding ortho intramolecular Hbond substituents is 1. The summed E-state index contributed by atoms with van der Waals surface area (Å²) in [5.41, 5.74) is 2.37. The smallest absolute Gasteiger partial charge is 0.117 e. The summed E-state index contributed by atoms with van der Waals surface area (Å²) < 4.78 is 0.699. The van der Waals surface area contributed by atoms with E-state index in [1.807, 2.05) is 36.4 Å². The number of hydrogen-bond acceptors (Lipinski definition) is 2. The van der Waals surface area contributed by atoms with Gasteiger partial charge in [-0.2, -0.15) is 0 Å². The molecule has 0 radical (unpaired) electrons. The van der Waals surface area contributed by atoms with E-state index in [1.54, 1.807) is 12.1 Å². The summed E-state index contributed by atoms with van der Waals surface area (Å²) in [4.78, 5) is 0. The topological polar surface area (TPSA) is 40.5 Å². The van der Waals surface area contributed by atoms with Crippen molar-refractivity contribution in [1.29, 1.82) is 0 Å². The average Bonchev–Trinajstić information content (AvgIpc) is 2.55.